The van der Waals surface area contributed by atoms with Crippen LogP contribution in [0.25, 0.3) is 0 Å². The molecule has 0 atom stereocenters. The first-order valence-corrected chi connectivity index (χ1v) is 8.10. The Morgan fingerprint density at radius 3 is 2.17 bits per heavy atom. The van der Waals surface area contributed by atoms with Crippen molar-refractivity contribution >= 4 is 28.9 Å². The summed E-state index contributed by atoms with van der Waals surface area (Å²) in [5.74, 6) is 0. The molecule has 0 fully saturated rings. The zero-order chi connectivity index (χ0) is 9.23. The molecular weight excluding hydrogens is 212 g/mol. The summed E-state index contributed by atoms with van der Waals surface area (Å²) >= 11 is 11.1. The van der Waals surface area contributed by atoms with Gasteiger partial charge in [-0.2, -0.15) is 0 Å². The molecule has 0 amide bonds. The van der Waals surface area contributed by atoms with Crippen LogP contribution in [-0.4, -0.2) is 6.54 Å². The quantitative estimate of drug-likeness (QED) is 0.428. The molecular formula is C8H18Cl2NP. The molecule has 0 aliphatic carbocycles. The Bertz CT molecular complexity index is 124. The van der Waals surface area contributed by atoms with Gasteiger partial charge in [-0.05, 0) is 6.42 Å². The summed E-state index contributed by atoms with van der Waals surface area (Å²) in [5.41, 5.74) is 0. The van der Waals surface area contributed by atoms with Crippen LogP contribution in [0, 0.1) is 0 Å². The Balaban J connectivity index is 2.96. The normalized spacial score (nSPS) is 10.7. The van der Waals surface area contributed by atoms with E-state index >= 15 is 0 Å². The minimum Gasteiger partial charge on any atom is -0.276 e. The molecule has 0 aliphatic heterocycles. The number of nitrogens with zero attached hydrogens (tertiary/aromatic N) is 1. The summed E-state index contributed by atoms with van der Waals surface area (Å²) < 4.78 is 4.08. The molecule has 0 radical (unpaired) electrons. The monoisotopic (exact) mass is 229 g/mol. The fourth-order valence-corrected chi connectivity index (χ4v) is 1.89. The predicted octanol–water partition coefficient (Wildman–Crippen LogP) is 5.05. The third-order valence-electron chi connectivity index (χ3n) is 1.74. The fraction of sp³-hybridized carbons (Fsp3) is 1.00. The van der Waals surface area contributed by atoms with Crippen molar-refractivity contribution in [2.75, 3.05) is 6.54 Å². The number of halogens is 2. The van der Waals surface area contributed by atoms with Gasteiger partial charge >= 0.3 is 0 Å². The fourth-order valence-electron chi connectivity index (χ4n) is 1.06. The molecule has 0 N–H and O–H groups in total. The van der Waals surface area contributed by atoms with E-state index in [-0.39, 0.29) is 0 Å². The van der Waals surface area contributed by atoms with Gasteiger partial charge in [-0.3, -0.25) is 4.74 Å². The lowest BCUT2D eigenvalue weighted by atomic mass is 10.1. The van der Waals surface area contributed by atoms with Gasteiger partial charge < -0.3 is 0 Å². The van der Waals surface area contributed by atoms with Crippen molar-refractivity contribution in [3.63, 3.8) is 0 Å². The predicted molar refractivity (Wildman–Crippen MR) is 60.7 cm³/mol. The summed E-state index contributed by atoms with van der Waals surface area (Å²) in [6.07, 6.45) is 6.41. The Labute approximate surface area is 85.9 Å². The van der Waals surface area contributed by atoms with Gasteiger partial charge in [0.25, 0.3) is 0 Å². The highest BCUT2D eigenvalue weighted by molar-refractivity contribution is 7.96. The third kappa shape index (κ3) is 10.8. The first-order chi connectivity index (χ1) is 5.77. The second-order valence-electron chi connectivity index (χ2n) is 2.89. The van der Waals surface area contributed by atoms with Crippen LogP contribution in [0.2, 0.25) is 0 Å². The van der Waals surface area contributed by atoms with Crippen LogP contribution in [0.5, 0.6) is 0 Å². The standard InChI is InChI=1S/C8H18Cl2NP/c1-2-3-4-5-6-7-8-11-12(9)10/h12H,2-8H2,1H3. The number of unbranched alkanes of at least 4 members (excludes halogenated alkanes) is 5. The molecule has 0 unspecified atom stereocenters. The van der Waals surface area contributed by atoms with Crippen LogP contribution >= 0.6 is 28.9 Å². The van der Waals surface area contributed by atoms with Crippen molar-refractivity contribution in [3.05, 3.63) is 0 Å². The molecule has 12 heavy (non-hydrogen) atoms. The first-order valence-electron chi connectivity index (χ1n) is 4.62. The Kier molecular flexibility index (Phi) is 10.6. The highest BCUT2D eigenvalue weighted by atomic mass is 35.9. The van der Waals surface area contributed by atoms with Crippen LogP contribution in [0.15, 0.2) is 4.74 Å². The van der Waals surface area contributed by atoms with Crippen LogP contribution in [-0.2, 0) is 0 Å². The SMILES string of the molecule is CCCCCCCCN=[PH](Cl)Cl. The smallest absolute Gasteiger partial charge is 0.125 e. The van der Waals surface area contributed by atoms with Crippen LogP contribution in [0.1, 0.15) is 45.4 Å². The molecule has 0 saturated heterocycles. The van der Waals surface area contributed by atoms with E-state index in [1.807, 2.05) is 0 Å². The minimum absolute atomic E-state index is 0.855. The van der Waals surface area contributed by atoms with E-state index < -0.39 is 6.42 Å². The van der Waals surface area contributed by atoms with Crippen LogP contribution in [0.3, 0.4) is 0 Å². The lowest BCUT2D eigenvalue weighted by molar-refractivity contribution is 0.613. The average molecular weight is 230 g/mol. The Hall–Kier alpha value is 0.810. The van der Waals surface area contributed by atoms with Crippen molar-refractivity contribution in [1.29, 1.82) is 0 Å². The number of rotatable bonds is 7. The van der Waals surface area contributed by atoms with Crippen molar-refractivity contribution in [1.82, 2.24) is 0 Å². The van der Waals surface area contributed by atoms with Gasteiger partial charge in [0.15, 0.2) is 0 Å². The maximum absolute atomic E-state index is 5.54. The molecule has 0 saturated carbocycles. The van der Waals surface area contributed by atoms with Crippen molar-refractivity contribution < 1.29 is 0 Å². The van der Waals surface area contributed by atoms with Gasteiger partial charge in [0, 0.05) is 6.54 Å². The van der Waals surface area contributed by atoms with Gasteiger partial charge in [-0.15, -0.1) is 0 Å². The zero-order valence-electron chi connectivity index (χ0n) is 7.65. The topological polar surface area (TPSA) is 12.4 Å². The zero-order valence-corrected chi connectivity index (χ0v) is 10.2. The highest BCUT2D eigenvalue weighted by Gasteiger charge is 1.88. The average Bonchev–Trinajstić information content (AvgIpc) is 2.02. The lowest BCUT2D eigenvalue weighted by Crippen LogP contribution is -1.81. The molecule has 0 heterocycles. The molecule has 0 aromatic rings. The van der Waals surface area contributed by atoms with E-state index in [1.165, 1.54) is 32.1 Å². The molecule has 0 aliphatic rings. The third-order valence-corrected chi connectivity index (χ3v) is 2.92. The summed E-state index contributed by atoms with van der Waals surface area (Å²) in [6, 6.07) is 0. The molecule has 0 aromatic carbocycles. The molecule has 0 spiro atoms. The van der Waals surface area contributed by atoms with Gasteiger partial charge in [-0.25, -0.2) is 0 Å². The Morgan fingerprint density at radius 1 is 1.00 bits per heavy atom. The Morgan fingerprint density at radius 2 is 1.58 bits per heavy atom. The van der Waals surface area contributed by atoms with E-state index in [1.54, 1.807) is 0 Å². The molecule has 0 aromatic heterocycles. The van der Waals surface area contributed by atoms with Crippen molar-refractivity contribution in [2.24, 2.45) is 4.74 Å². The van der Waals surface area contributed by atoms with Gasteiger partial charge in [0.1, 0.15) is 6.42 Å². The van der Waals surface area contributed by atoms with Crippen molar-refractivity contribution in [2.45, 2.75) is 45.4 Å². The summed E-state index contributed by atoms with van der Waals surface area (Å²) in [4.78, 5) is 0. The maximum atomic E-state index is 5.54. The van der Waals surface area contributed by atoms with Crippen molar-refractivity contribution in [3.8, 4) is 0 Å². The van der Waals surface area contributed by atoms with Gasteiger partial charge in [0.2, 0.25) is 0 Å². The van der Waals surface area contributed by atoms with Crippen LogP contribution in [0.4, 0.5) is 0 Å². The molecule has 1 nitrogen and oxygen atoms in total. The van der Waals surface area contributed by atoms with Gasteiger partial charge in [-0.1, -0.05) is 61.5 Å². The maximum Gasteiger partial charge on any atom is 0.125 e. The minimum atomic E-state index is -1.36. The van der Waals surface area contributed by atoms with E-state index in [4.69, 9.17) is 22.5 Å². The van der Waals surface area contributed by atoms with Crippen LogP contribution < -0.4 is 0 Å². The second-order valence-corrected chi connectivity index (χ2v) is 6.42. The molecule has 0 rings (SSSR count). The first kappa shape index (κ1) is 12.8. The van der Waals surface area contributed by atoms with E-state index in [0.717, 1.165) is 13.0 Å². The molecule has 0 bridgehead atoms. The van der Waals surface area contributed by atoms with E-state index in [9.17, 15) is 0 Å². The van der Waals surface area contributed by atoms with E-state index in [0.29, 0.717) is 0 Å². The molecule has 4 heteroatoms. The largest absolute Gasteiger partial charge is 0.276 e. The lowest BCUT2D eigenvalue weighted by Gasteiger charge is -1.97. The summed E-state index contributed by atoms with van der Waals surface area (Å²) in [5, 5.41) is 0. The van der Waals surface area contributed by atoms with E-state index in [2.05, 4.69) is 11.7 Å². The number of hydrogen-bond acceptors (Lipinski definition) is 1. The van der Waals surface area contributed by atoms with Gasteiger partial charge in [0.05, 0.1) is 0 Å². The summed E-state index contributed by atoms with van der Waals surface area (Å²) in [6.45, 7) is 3.08. The highest BCUT2D eigenvalue weighted by Crippen LogP contribution is 2.36. The second kappa shape index (κ2) is 9.89. The summed E-state index contributed by atoms with van der Waals surface area (Å²) in [7, 11) is 0. The molecule has 74 valence electrons. The number of hydrogen-bond donors (Lipinski definition) is 0.